The number of para-hydroxylation sites is 1. The fourth-order valence-corrected chi connectivity index (χ4v) is 4.68. The van der Waals surface area contributed by atoms with E-state index in [0.717, 1.165) is 48.1 Å². The summed E-state index contributed by atoms with van der Waals surface area (Å²) in [4.78, 5) is 31.4. The molecule has 0 unspecified atom stereocenters. The number of ether oxygens (including phenoxy) is 2. The summed E-state index contributed by atoms with van der Waals surface area (Å²) < 4.78 is 13.3. The lowest BCUT2D eigenvalue weighted by molar-refractivity contribution is 0.262. The van der Waals surface area contributed by atoms with Crippen LogP contribution in [0.2, 0.25) is 0 Å². The van der Waals surface area contributed by atoms with Crippen molar-refractivity contribution in [1.82, 2.24) is 9.55 Å². The minimum atomic E-state index is -0.482. The molecule has 2 amide bonds. The van der Waals surface area contributed by atoms with Gasteiger partial charge in [-0.15, -0.1) is 0 Å². The minimum Gasteiger partial charge on any atom is -0.497 e. The summed E-state index contributed by atoms with van der Waals surface area (Å²) in [5, 5.41) is 5.89. The smallest absolute Gasteiger partial charge is 0.323 e. The van der Waals surface area contributed by atoms with Crippen molar-refractivity contribution < 1.29 is 14.3 Å². The SMILES string of the molecule is CCCCn1ccc(-c2cc(OC)ccc2OCc2cccnc2)c(NC(=O)Nc2c(C)cccc2CCC)c1=O. The van der Waals surface area contributed by atoms with Crippen molar-refractivity contribution in [2.24, 2.45) is 0 Å². The highest BCUT2D eigenvalue weighted by molar-refractivity contribution is 6.03. The Hall–Kier alpha value is -4.59. The summed E-state index contributed by atoms with van der Waals surface area (Å²) in [6, 6.07) is 16.5. The van der Waals surface area contributed by atoms with Gasteiger partial charge in [0.2, 0.25) is 0 Å². The van der Waals surface area contributed by atoms with E-state index in [1.54, 1.807) is 42.4 Å². The van der Waals surface area contributed by atoms with Gasteiger partial charge in [-0.3, -0.25) is 9.78 Å². The lowest BCUT2D eigenvalue weighted by atomic mass is 10.0. The maximum absolute atomic E-state index is 13.8. The average molecular weight is 555 g/mol. The Bertz CT molecular complexity index is 1530. The van der Waals surface area contributed by atoms with Crippen LogP contribution in [0.3, 0.4) is 0 Å². The summed E-state index contributed by atoms with van der Waals surface area (Å²) in [6.07, 6.45) is 8.78. The molecule has 4 aromatic rings. The lowest BCUT2D eigenvalue weighted by Gasteiger charge is -2.19. The van der Waals surface area contributed by atoms with E-state index in [2.05, 4.69) is 29.5 Å². The molecule has 0 aliphatic rings. The summed E-state index contributed by atoms with van der Waals surface area (Å²) >= 11 is 0. The van der Waals surface area contributed by atoms with Crippen LogP contribution in [0.15, 0.2) is 78.0 Å². The second-order valence-electron chi connectivity index (χ2n) is 9.91. The highest BCUT2D eigenvalue weighted by Gasteiger charge is 2.20. The zero-order valence-electron chi connectivity index (χ0n) is 24.2. The van der Waals surface area contributed by atoms with Crippen molar-refractivity contribution in [1.29, 1.82) is 0 Å². The molecule has 2 aromatic carbocycles. The quantitative estimate of drug-likeness (QED) is 0.193. The topological polar surface area (TPSA) is 94.5 Å². The number of aryl methyl sites for hydroxylation is 3. The van der Waals surface area contributed by atoms with Gasteiger partial charge in [-0.1, -0.05) is 51.0 Å². The number of methoxy groups -OCH3 is 1. The number of carbonyl (C=O) groups is 1. The van der Waals surface area contributed by atoms with Crippen LogP contribution in [0.25, 0.3) is 11.1 Å². The normalized spacial score (nSPS) is 10.7. The van der Waals surface area contributed by atoms with E-state index < -0.39 is 6.03 Å². The van der Waals surface area contributed by atoms with Gasteiger partial charge < -0.3 is 24.7 Å². The number of pyridine rings is 2. The third-order valence-electron chi connectivity index (χ3n) is 6.87. The number of nitrogens with zero attached hydrogens (tertiary/aromatic N) is 2. The number of aromatic nitrogens is 2. The van der Waals surface area contributed by atoms with Crippen molar-refractivity contribution in [3.63, 3.8) is 0 Å². The molecule has 214 valence electrons. The molecule has 4 rings (SSSR count). The van der Waals surface area contributed by atoms with Gasteiger partial charge in [0.25, 0.3) is 5.56 Å². The second-order valence-corrected chi connectivity index (χ2v) is 9.91. The van der Waals surface area contributed by atoms with Gasteiger partial charge in [-0.05, 0) is 61.2 Å². The van der Waals surface area contributed by atoms with Crippen molar-refractivity contribution in [3.05, 3.63) is 100 Å². The van der Waals surface area contributed by atoms with E-state index in [1.165, 1.54) is 0 Å². The Morgan fingerprint density at radius 1 is 0.976 bits per heavy atom. The number of carbonyl (C=O) groups excluding carboxylic acids is 1. The average Bonchev–Trinajstić information content (AvgIpc) is 2.99. The number of benzene rings is 2. The zero-order chi connectivity index (χ0) is 29.2. The Kier molecular flexibility index (Phi) is 10.2. The van der Waals surface area contributed by atoms with Crippen molar-refractivity contribution in [2.45, 2.75) is 59.6 Å². The molecule has 2 heterocycles. The second kappa shape index (κ2) is 14.2. The molecule has 0 radical (unpaired) electrons. The maximum Gasteiger partial charge on any atom is 0.323 e. The van der Waals surface area contributed by atoms with Crippen molar-refractivity contribution >= 4 is 17.4 Å². The number of nitrogens with one attached hydrogen (secondary N) is 2. The molecule has 0 spiro atoms. The molecule has 2 aromatic heterocycles. The number of amides is 2. The fourth-order valence-electron chi connectivity index (χ4n) is 4.68. The monoisotopic (exact) mass is 554 g/mol. The Labute approximate surface area is 241 Å². The maximum atomic E-state index is 13.8. The first-order valence-electron chi connectivity index (χ1n) is 14.0. The zero-order valence-corrected chi connectivity index (χ0v) is 24.2. The van der Waals surface area contributed by atoms with Crippen molar-refractivity contribution in [3.8, 4) is 22.6 Å². The number of hydrogen-bond acceptors (Lipinski definition) is 5. The van der Waals surface area contributed by atoms with Crippen LogP contribution in [0.4, 0.5) is 16.2 Å². The molecule has 0 atom stereocenters. The predicted molar refractivity (Wildman–Crippen MR) is 164 cm³/mol. The Balaban J connectivity index is 1.75. The summed E-state index contributed by atoms with van der Waals surface area (Å²) in [5.41, 5.74) is 4.73. The van der Waals surface area contributed by atoms with E-state index in [1.807, 2.05) is 49.4 Å². The van der Waals surface area contributed by atoms with Gasteiger partial charge in [0.15, 0.2) is 0 Å². The third kappa shape index (κ3) is 7.33. The standard InChI is InChI=1S/C33H38N4O4/c1-5-7-18-37-19-16-27(28-20-26(40-4)14-15-29(28)41-22-24-12-9-17-34-21-24)31(32(37)38)36-33(39)35-30-23(3)11-8-13-25(30)10-6-2/h8-9,11-17,19-21H,5-7,10,18,22H2,1-4H3,(H2,35,36,39). The van der Waals surface area contributed by atoms with Crippen LogP contribution in [0.1, 0.15) is 49.8 Å². The van der Waals surface area contributed by atoms with E-state index in [0.29, 0.717) is 29.2 Å². The molecule has 0 fully saturated rings. The molecule has 8 nitrogen and oxygen atoms in total. The molecular weight excluding hydrogens is 516 g/mol. The number of rotatable bonds is 12. The number of unbranched alkanes of at least 4 members (excludes halogenated alkanes) is 1. The van der Waals surface area contributed by atoms with Crippen LogP contribution in [-0.4, -0.2) is 22.7 Å². The first-order valence-corrected chi connectivity index (χ1v) is 14.0. The van der Waals surface area contributed by atoms with Gasteiger partial charge in [-0.2, -0.15) is 0 Å². The molecule has 2 N–H and O–H groups in total. The van der Waals surface area contributed by atoms with E-state index in [-0.39, 0.29) is 17.9 Å². The third-order valence-corrected chi connectivity index (χ3v) is 6.87. The number of hydrogen-bond donors (Lipinski definition) is 2. The predicted octanol–water partition coefficient (Wildman–Crippen LogP) is 7.20. The minimum absolute atomic E-state index is 0.172. The van der Waals surface area contributed by atoms with Crippen LogP contribution >= 0.6 is 0 Å². The lowest BCUT2D eigenvalue weighted by Crippen LogP contribution is -2.29. The van der Waals surface area contributed by atoms with Crippen LogP contribution < -0.4 is 25.7 Å². The van der Waals surface area contributed by atoms with Gasteiger partial charge in [0, 0.05) is 47.5 Å². The van der Waals surface area contributed by atoms with E-state index in [9.17, 15) is 9.59 Å². The van der Waals surface area contributed by atoms with Crippen LogP contribution in [0, 0.1) is 6.92 Å². The van der Waals surface area contributed by atoms with Gasteiger partial charge >= 0.3 is 6.03 Å². The van der Waals surface area contributed by atoms with Crippen LogP contribution in [-0.2, 0) is 19.6 Å². The van der Waals surface area contributed by atoms with Crippen LogP contribution in [0.5, 0.6) is 11.5 Å². The van der Waals surface area contributed by atoms with Gasteiger partial charge in [0.1, 0.15) is 23.8 Å². The summed E-state index contributed by atoms with van der Waals surface area (Å²) in [5.74, 6) is 1.15. The van der Waals surface area contributed by atoms with Gasteiger partial charge in [-0.25, -0.2) is 4.79 Å². The number of anilines is 2. The molecule has 41 heavy (non-hydrogen) atoms. The summed E-state index contributed by atoms with van der Waals surface area (Å²) in [7, 11) is 1.58. The first kappa shape index (κ1) is 29.4. The highest BCUT2D eigenvalue weighted by atomic mass is 16.5. The molecular formula is C33H38N4O4. The molecule has 0 bridgehead atoms. The Morgan fingerprint density at radius 3 is 2.54 bits per heavy atom. The fraction of sp³-hybridized carbons (Fsp3) is 0.303. The molecule has 0 aliphatic heterocycles. The first-order chi connectivity index (χ1) is 19.9. The van der Waals surface area contributed by atoms with E-state index >= 15 is 0 Å². The number of urea groups is 1. The molecule has 0 aliphatic carbocycles. The van der Waals surface area contributed by atoms with E-state index in [4.69, 9.17) is 9.47 Å². The summed E-state index contributed by atoms with van der Waals surface area (Å²) in [6.45, 7) is 6.97. The molecule has 8 heteroatoms. The molecule has 0 saturated heterocycles. The van der Waals surface area contributed by atoms with Crippen molar-refractivity contribution in [2.75, 3.05) is 17.7 Å². The molecule has 0 saturated carbocycles. The highest BCUT2D eigenvalue weighted by Crippen LogP contribution is 2.37. The van der Waals surface area contributed by atoms with Gasteiger partial charge in [0.05, 0.1) is 7.11 Å². The Morgan fingerprint density at radius 2 is 1.80 bits per heavy atom. The largest absolute Gasteiger partial charge is 0.497 e.